The third-order valence-corrected chi connectivity index (χ3v) is 4.39. The molecular weight excluding hydrogens is 302 g/mol. The number of nitrogens with one attached hydrogen (secondary N) is 1. The fourth-order valence-corrected chi connectivity index (χ4v) is 2.88. The average molecular weight is 323 g/mol. The molecule has 0 aliphatic carbocycles. The van der Waals surface area contributed by atoms with Gasteiger partial charge in [0.1, 0.15) is 6.04 Å². The third-order valence-electron chi connectivity index (χ3n) is 3.46. The van der Waals surface area contributed by atoms with Gasteiger partial charge in [-0.05, 0) is 18.4 Å². The molecule has 1 aromatic carbocycles. The maximum atomic E-state index is 12.4. The Morgan fingerprint density at radius 2 is 1.77 bits per heavy atom. The van der Waals surface area contributed by atoms with Gasteiger partial charge in [-0.1, -0.05) is 49.0 Å². The summed E-state index contributed by atoms with van der Waals surface area (Å²) in [5, 5.41) is 11.3. The van der Waals surface area contributed by atoms with Crippen molar-refractivity contribution in [2.75, 3.05) is 5.75 Å². The van der Waals surface area contributed by atoms with E-state index in [0.29, 0.717) is 5.75 Å². The Morgan fingerprint density at radius 1 is 1.18 bits per heavy atom. The maximum absolute atomic E-state index is 12.4. The molecule has 0 aliphatic rings. The molecule has 0 fully saturated rings. The molecule has 3 atom stereocenters. The number of carbonyl (C=O) groups is 3. The van der Waals surface area contributed by atoms with Crippen LogP contribution in [0.2, 0.25) is 0 Å². The van der Waals surface area contributed by atoms with Crippen LogP contribution in [0, 0.1) is 5.92 Å². The summed E-state index contributed by atoms with van der Waals surface area (Å²) in [6.45, 7) is 4.78. The van der Waals surface area contributed by atoms with Gasteiger partial charge in [0, 0.05) is 12.7 Å². The van der Waals surface area contributed by atoms with Crippen molar-refractivity contribution >= 4 is 28.8 Å². The number of carboxylic acids is 1. The lowest BCUT2D eigenvalue weighted by atomic mass is 9.88. The van der Waals surface area contributed by atoms with Crippen molar-refractivity contribution < 1.29 is 19.5 Å². The molecule has 0 spiro atoms. The lowest BCUT2D eigenvalue weighted by Crippen LogP contribution is -2.43. The van der Waals surface area contributed by atoms with Crippen LogP contribution in [0.3, 0.4) is 0 Å². The minimum atomic E-state index is -1.08. The highest BCUT2D eigenvalue weighted by molar-refractivity contribution is 8.13. The molecule has 0 heterocycles. The smallest absolute Gasteiger partial charge is 0.325 e. The van der Waals surface area contributed by atoms with E-state index < -0.39 is 17.9 Å². The number of hydrogen-bond donors (Lipinski definition) is 2. The van der Waals surface area contributed by atoms with E-state index in [-0.39, 0.29) is 16.9 Å². The van der Waals surface area contributed by atoms with Crippen molar-refractivity contribution in [1.82, 2.24) is 5.32 Å². The number of hydrogen-bond acceptors (Lipinski definition) is 4. The van der Waals surface area contributed by atoms with Gasteiger partial charge in [-0.2, -0.15) is 0 Å². The molecule has 1 aromatic rings. The molecule has 0 aromatic heterocycles. The van der Waals surface area contributed by atoms with E-state index in [9.17, 15) is 14.4 Å². The monoisotopic (exact) mass is 323 g/mol. The summed E-state index contributed by atoms with van der Waals surface area (Å²) < 4.78 is 0. The van der Waals surface area contributed by atoms with Crippen LogP contribution in [0.25, 0.3) is 0 Å². The van der Waals surface area contributed by atoms with Crippen LogP contribution in [0.4, 0.5) is 0 Å². The van der Waals surface area contributed by atoms with Gasteiger partial charge in [-0.25, -0.2) is 0 Å². The molecule has 22 heavy (non-hydrogen) atoms. The van der Waals surface area contributed by atoms with Gasteiger partial charge < -0.3 is 10.4 Å². The number of carboxylic acid groups (broad SMARTS) is 1. The minimum absolute atomic E-state index is 0.0654. The Labute approximate surface area is 134 Å². The van der Waals surface area contributed by atoms with Crippen LogP contribution in [0.5, 0.6) is 0 Å². The summed E-state index contributed by atoms with van der Waals surface area (Å²) >= 11 is 1.08. The summed E-state index contributed by atoms with van der Waals surface area (Å²) in [5.41, 5.74) is 0.981. The number of thioether (sulfide) groups is 1. The van der Waals surface area contributed by atoms with Crippen LogP contribution >= 0.6 is 11.8 Å². The van der Waals surface area contributed by atoms with Crippen molar-refractivity contribution in [3.63, 3.8) is 0 Å². The summed E-state index contributed by atoms with van der Waals surface area (Å²) in [6, 6.07) is 8.55. The predicted molar refractivity (Wildman–Crippen MR) is 86.7 cm³/mol. The summed E-state index contributed by atoms with van der Waals surface area (Å²) in [6.07, 6.45) is 0. The number of aliphatic carboxylic acids is 1. The van der Waals surface area contributed by atoms with E-state index in [0.717, 1.165) is 17.3 Å². The fourth-order valence-electron chi connectivity index (χ4n) is 2.03. The van der Waals surface area contributed by atoms with Crippen LogP contribution in [-0.2, 0) is 14.4 Å². The van der Waals surface area contributed by atoms with Crippen molar-refractivity contribution in [3.05, 3.63) is 35.9 Å². The van der Waals surface area contributed by atoms with E-state index in [1.807, 2.05) is 37.3 Å². The quantitative estimate of drug-likeness (QED) is 0.804. The molecule has 0 radical (unpaired) electrons. The molecule has 1 rings (SSSR count). The molecule has 3 unspecified atom stereocenters. The van der Waals surface area contributed by atoms with Crippen LogP contribution < -0.4 is 5.32 Å². The van der Waals surface area contributed by atoms with Gasteiger partial charge in [0.2, 0.25) is 5.91 Å². The lowest BCUT2D eigenvalue weighted by Gasteiger charge is -2.24. The van der Waals surface area contributed by atoms with Crippen LogP contribution in [-0.4, -0.2) is 33.9 Å². The second kappa shape index (κ2) is 8.58. The van der Waals surface area contributed by atoms with Crippen molar-refractivity contribution in [3.8, 4) is 0 Å². The number of rotatable bonds is 7. The Balaban J connectivity index is 2.89. The molecule has 1 amide bonds. The molecule has 120 valence electrons. The molecule has 0 aliphatic heterocycles. The fraction of sp³-hybridized carbons (Fsp3) is 0.438. The first-order valence-corrected chi connectivity index (χ1v) is 8.03. The lowest BCUT2D eigenvalue weighted by molar-refractivity contribution is -0.141. The molecular formula is C16H21NO4S. The average Bonchev–Trinajstić information content (AvgIpc) is 2.47. The summed E-state index contributed by atoms with van der Waals surface area (Å²) in [4.78, 5) is 34.5. The van der Waals surface area contributed by atoms with Gasteiger partial charge >= 0.3 is 5.97 Å². The largest absolute Gasteiger partial charge is 0.480 e. The highest BCUT2D eigenvalue weighted by atomic mass is 32.2. The number of amides is 1. The number of carbonyl (C=O) groups excluding carboxylic acids is 2. The first-order valence-electron chi connectivity index (χ1n) is 7.04. The van der Waals surface area contributed by atoms with Gasteiger partial charge in [-0.15, -0.1) is 0 Å². The maximum Gasteiger partial charge on any atom is 0.325 e. The third kappa shape index (κ3) is 5.52. The van der Waals surface area contributed by atoms with Crippen molar-refractivity contribution in [2.45, 2.75) is 32.7 Å². The topological polar surface area (TPSA) is 83.5 Å². The van der Waals surface area contributed by atoms with Gasteiger partial charge in [0.15, 0.2) is 5.12 Å². The summed E-state index contributed by atoms with van der Waals surface area (Å²) in [7, 11) is 0. The molecule has 0 saturated carbocycles. The van der Waals surface area contributed by atoms with E-state index in [2.05, 4.69) is 5.32 Å². The molecule has 0 saturated heterocycles. The van der Waals surface area contributed by atoms with E-state index >= 15 is 0 Å². The van der Waals surface area contributed by atoms with Gasteiger partial charge in [0.05, 0.1) is 5.92 Å². The first kappa shape index (κ1) is 18.2. The SMILES string of the molecule is CC(=O)SCC(C(=O)NC(C)C(=O)O)C(C)c1ccccc1. The highest BCUT2D eigenvalue weighted by Gasteiger charge is 2.28. The van der Waals surface area contributed by atoms with E-state index in [1.54, 1.807) is 0 Å². The normalized spacial score (nSPS) is 14.7. The molecule has 6 heteroatoms. The number of benzene rings is 1. The molecule has 5 nitrogen and oxygen atoms in total. The van der Waals surface area contributed by atoms with E-state index in [1.165, 1.54) is 13.8 Å². The highest BCUT2D eigenvalue weighted by Crippen LogP contribution is 2.27. The second-order valence-electron chi connectivity index (χ2n) is 5.18. The second-order valence-corrected chi connectivity index (χ2v) is 6.37. The van der Waals surface area contributed by atoms with Crippen molar-refractivity contribution in [2.24, 2.45) is 5.92 Å². The Morgan fingerprint density at radius 3 is 2.27 bits per heavy atom. The molecule has 0 bridgehead atoms. The zero-order valence-electron chi connectivity index (χ0n) is 12.9. The Bertz CT molecular complexity index is 532. The van der Waals surface area contributed by atoms with Gasteiger partial charge in [-0.3, -0.25) is 14.4 Å². The summed E-state index contributed by atoms with van der Waals surface area (Å²) in [5.74, 6) is -1.70. The zero-order valence-corrected chi connectivity index (χ0v) is 13.7. The predicted octanol–water partition coefficient (Wildman–Crippen LogP) is 2.28. The van der Waals surface area contributed by atoms with E-state index in [4.69, 9.17) is 5.11 Å². The Kier molecular flexibility index (Phi) is 7.11. The molecule has 2 N–H and O–H groups in total. The zero-order chi connectivity index (χ0) is 16.7. The van der Waals surface area contributed by atoms with Crippen molar-refractivity contribution in [1.29, 1.82) is 0 Å². The van der Waals surface area contributed by atoms with Crippen LogP contribution in [0.15, 0.2) is 30.3 Å². The van der Waals surface area contributed by atoms with Gasteiger partial charge in [0.25, 0.3) is 0 Å². The Hall–Kier alpha value is -1.82. The standard InChI is InChI=1S/C16H21NO4S/c1-10(13-7-5-4-6-8-13)14(9-22-12(3)18)15(19)17-11(2)16(20)21/h4-8,10-11,14H,9H2,1-3H3,(H,17,19)(H,20,21). The first-order chi connectivity index (χ1) is 10.3. The van der Waals surface area contributed by atoms with Crippen LogP contribution in [0.1, 0.15) is 32.3 Å². The minimum Gasteiger partial charge on any atom is -0.480 e.